The van der Waals surface area contributed by atoms with Gasteiger partial charge >= 0.3 is 11.9 Å². The molecule has 48 heavy (non-hydrogen) atoms. The SMILES string of the molecule is CCOC(=O)C1=C(C)N=c2s/c(=C\c3cc(I)c(OCc4ccccc4)c(I)c3)c(=O)n2[C@@H]1c1ccc(OCC(=O)OC)c(OCC)c1. The number of rotatable bonds is 12. The summed E-state index contributed by atoms with van der Waals surface area (Å²) < 4.78 is 31.5. The van der Waals surface area contributed by atoms with Gasteiger partial charge in [0, 0.05) is 0 Å². The first-order valence-electron chi connectivity index (χ1n) is 15.0. The number of benzene rings is 3. The Bertz CT molecular complexity index is 2030. The number of esters is 2. The van der Waals surface area contributed by atoms with E-state index in [1.165, 1.54) is 23.0 Å². The third kappa shape index (κ3) is 7.94. The van der Waals surface area contributed by atoms with Crippen LogP contribution in [0, 0.1) is 7.14 Å². The average Bonchev–Trinajstić information content (AvgIpc) is 3.37. The number of aromatic nitrogens is 1. The summed E-state index contributed by atoms with van der Waals surface area (Å²) in [4.78, 5) is 44.4. The van der Waals surface area contributed by atoms with Gasteiger partial charge in [0.1, 0.15) is 12.4 Å². The summed E-state index contributed by atoms with van der Waals surface area (Å²) in [6.45, 7) is 5.87. The third-order valence-corrected chi connectivity index (χ3v) is 9.80. The molecule has 1 atom stereocenters. The monoisotopic (exact) mass is 894 g/mol. The molecule has 1 aliphatic rings. The molecule has 0 bridgehead atoms. The zero-order valence-electron chi connectivity index (χ0n) is 26.6. The first kappa shape index (κ1) is 35.6. The highest BCUT2D eigenvalue weighted by Crippen LogP contribution is 2.36. The molecule has 5 rings (SSSR count). The van der Waals surface area contributed by atoms with Crippen molar-refractivity contribution in [2.45, 2.75) is 33.4 Å². The van der Waals surface area contributed by atoms with Gasteiger partial charge in [-0.05, 0) is 113 Å². The zero-order valence-corrected chi connectivity index (χ0v) is 31.7. The van der Waals surface area contributed by atoms with Crippen molar-refractivity contribution in [3.8, 4) is 17.2 Å². The van der Waals surface area contributed by atoms with Gasteiger partial charge in [-0.2, -0.15) is 0 Å². The lowest BCUT2D eigenvalue weighted by molar-refractivity contribution is -0.143. The quantitative estimate of drug-likeness (QED) is 0.135. The van der Waals surface area contributed by atoms with Crippen LogP contribution in [0.1, 0.15) is 43.5 Å². The molecule has 0 fully saturated rings. The van der Waals surface area contributed by atoms with Crippen molar-refractivity contribution in [3.05, 3.63) is 115 Å². The number of thiazole rings is 1. The Kier molecular flexibility index (Phi) is 12.0. The van der Waals surface area contributed by atoms with Gasteiger partial charge < -0.3 is 23.7 Å². The Labute approximate surface area is 308 Å². The minimum absolute atomic E-state index is 0.152. The van der Waals surface area contributed by atoms with E-state index >= 15 is 0 Å². The van der Waals surface area contributed by atoms with Crippen LogP contribution < -0.4 is 29.1 Å². The zero-order chi connectivity index (χ0) is 34.4. The van der Waals surface area contributed by atoms with E-state index in [9.17, 15) is 14.4 Å². The van der Waals surface area contributed by atoms with E-state index in [2.05, 4.69) is 54.9 Å². The molecule has 0 N–H and O–H groups in total. The fraction of sp³-hybridized carbons (Fsp3) is 0.257. The van der Waals surface area contributed by atoms with Crippen LogP contribution in [0.2, 0.25) is 0 Å². The molecular weight excluding hydrogens is 862 g/mol. The van der Waals surface area contributed by atoms with Crippen LogP contribution in [0.5, 0.6) is 17.2 Å². The number of methoxy groups -OCH3 is 1. The molecule has 0 unspecified atom stereocenters. The Morgan fingerprint density at radius 3 is 2.35 bits per heavy atom. The highest BCUT2D eigenvalue weighted by molar-refractivity contribution is 14.1. The molecule has 0 saturated carbocycles. The molecule has 250 valence electrons. The maximum atomic E-state index is 14.2. The van der Waals surface area contributed by atoms with Crippen molar-refractivity contribution in [2.75, 3.05) is 26.9 Å². The average molecular weight is 895 g/mol. The normalized spacial score (nSPS) is 14.2. The molecular formula is C35H32I2N2O8S. The fourth-order valence-electron chi connectivity index (χ4n) is 5.07. The molecule has 10 nitrogen and oxygen atoms in total. The van der Waals surface area contributed by atoms with E-state index in [0.717, 1.165) is 24.0 Å². The van der Waals surface area contributed by atoms with Crippen LogP contribution in [0.25, 0.3) is 6.08 Å². The van der Waals surface area contributed by atoms with Crippen molar-refractivity contribution in [1.82, 2.24) is 4.57 Å². The molecule has 0 radical (unpaired) electrons. The van der Waals surface area contributed by atoms with E-state index in [-0.39, 0.29) is 24.3 Å². The summed E-state index contributed by atoms with van der Waals surface area (Å²) >= 11 is 5.73. The predicted octanol–water partition coefficient (Wildman–Crippen LogP) is 5.54. The number of carbonyl (C=O) groups is 2. The Hall–Kier alpha value is -3.70. The van der Waals surface area contributed by atoms with Crippen LogP contribution in [-0.2, 0) is 25.7 Å². The number of carbonyl (C=O) groups excluding carboxylic acids is 2. The van der Waals surface area contributed by atoms with Gasteiger partial charge in [0.05, 0.1) is 49.3 Å². The maximum absolute atomic E-state index is 14.2. The fourth-order valence-corrected chi connectivity index (χ4v) is 8.24. The molecule has 4 aromatic rings. The van der Waals surface area contributed by atoms with Crippen molar-refractivity contribution in [1.29, 1.82) is 0 Å². The summed E-state index contributed by atoms with van der Waals surface area (Å²) in [6, 6.07) is 18.1. The van der Waals surface area contributed by atoms with E-state index in [0.29, 0.717) is 45.3 Å². The topological polar surface area (TPSA) is 115 Å². The maximum Gasteiger partial charge on any atom is 0.343 e. The van der Waals surface area contributed by atoms with Gasteiger partial charge in [-0.25, -0.2) is 14.6 Å². The van der Waals surface area contributed by atoms with Gasteiger partial charge in [-0.15, -0.1) is 0 Å². The third-order valence-electron chi connectivity index (χ3n) is 7.22. The summed E-state index contributed by atoms with van der Waals surface area (Å²) in [5.74, 6) is 0.319. The van der Waals surface area contributed by atoms with E-state index in [1.807, 2.05) is 55.5 Å². The second-order valence-corrected chi connectivity index (χ2v) is 13.7. The molecule has 13 heteroatoms. The minimum Gasteiger partial charge on any atom is -0.490 e. The highest BCUT2D eigenvalue weighted by Gasteiger charge is 2.34. The Morgan fingerprint density at radius 2 is 1.69 bits per heavy atom. The number of ether oxygens (including phenoxy) is 5. The van der Waals surface area contributed by atoms with Gasteiger partial charge in [0.25, 0.3) is 5.56 Å². The van der Waals surface area contributed by atoms with Crippen molar-refractivity contribution < 1.29 is 33.3 Å². The number of nitrogens with zero attached hydrogens (tertiary/aromatic N) is 2. The van der Waals surface area contributed by atoms with E-state index in [4.69, 9.17) is 18.9 Å². The van der Waals surface area contributed by atoms with Gasteiger partial charge in [0.2, 0.25) is 0 Å². The molecule has 0 saturated heterocycles. The highest BCUT2D eigenvalue weighted by atomic mass is 127. The van der Waals surface area contributed by atoms with Crippen LogP contribution in [0.15, 0.2) is 81.7 Å². The van der Waals surface area contributed by atoms with Crippen LogP contribution in [-0.4, -0.2) is 43.4 Å². The van der Waals surface area contributed by atoms with Crippen LogP contribution in [0.4, 0.5) is 0 Å². The number of fused-ring (bicyclic) bond motifs is 1. The number of halogens is 2. The minimum atomic E-state index is -0.856. The summed E-state index contributed by atoms with van der Waals surface area (Å²) in [7, 11) is 1.28. The smallest absolute Gasteiger partial charge is 0.343 e. The standard InChI is InChI=1S/C35H32I2N2O8S/c1-5-44-27-17-23(12-13-26(27)46-19-29(40)43-4)31-30(34(42)45-6-2)20(3)38-35-39(31)33(41)28(48-35)16-22-14-24(36)32(25(37)15-22)47-18-21-10-8-7-9-11-21/h7-17,31H,5-6,18-19H2,1-4H3/b28-16-/t31-/m1/s1. The lowest BCUT2D eigenvalue weighted by atomic mass is 9.95. The first-order chi connectivity index (χ1) is 23.1. The predicted molar refractivity (Wildman–Crippen MR) is 198 cm³/mol. The number of hydrogen-bond acceptors (Lipinski definition) is 10. The molecule has 3 aromatic carbocycles. The van der Waals surface area contributed by atoms with Crippen molar-refractivity contribution >= 4 is 74.5 Å². The lowest BCUT2D eigenvalue weighted by Crippen LogP contribution is -2.40. The van der Waals surface area contributed by atoms with Crippen LogP contribution >= 0.6 is 56.5 Å². The summed E-state index contributed by atoms with van der Waals surface area (Å²) in [6.07, 6.45) is 1.82. The van der Waals surface area contributed by atoms with Gasteiger partial charge in [0.15, 0.2) is 22.9 Å². The largest absolute Gasteiger partial charge is 0.490 e. The number of allylic oxidation sites excluding steroid dienone is 1. The van der Waals surface area contributed by atoms with E-state index in [1.54, 1.807) is 32.0 Å². The van der Waals surface area contributed by atoms with Gasteiger partial charge in [-0.1, -0.05) is 47.7 Å². The van der Waals surface area contributed by atoms with E-state index < -0.39 is 18.0 Å². The van der Waals surface area contributed by atoms with Gasteiger partial charge in [-0.3, -0.25) is 9.36 Å². The second kappa shape index (κ2) is 16.1. The summed E-state index contributed by atoms with van der Waals surface area (Å²) in [5.41, 5.74) is 2.85. The van der Waals surface area contributed by atoms with Crippen molar-refractivity contribution in [3.63, 3.8) is 0 Å². The molecule has 1 aromatic heterocycles. The lowest BCUT2D eigenvalue weighted by Gasteiger charge is -2.25. The van der Waals surface area contributed by atoms with Crippen LogP contribution in [0.3, 0.4) is 0 Å². The van der Waals surface area contributed by atoms with Crippen molar-refractivity contribution in [2.24, 2.45) is 4.99 Å². The summed E-state index contributed by atoms with van der Waals surface area (Å²) in [5, 5.41) is 0. The Balaban J connectivity index is 1.58. The molecule has 1 aliphatic heterocycles. The molecule has 0 aliphatic carbocycles. The Morgan fingerprint density at radius 1 is 0.958 bits per heavy atom. The second-order valence-electron chi connectivity index (χ2n) is 10.4. The molecule has 2 heterocycles. The number of hydrogen-bond donors (Lipinski definition) is 0. The molecule has 0 amide bonds. The first-order valence-corrected chi connectivity index (χ1v) is 17.9. The molecule has 0 spiro atoms.